The van der Waals surface area contributed by atoms with Gasteiger partial charge in [-0.3, -0.25) is 9.36 Å². The number of rotatable bonds is 10. The Labute approximate surface area is 194 Å². The van der Waals surface area contributed by atoms with Gasteiger partial charge in [0.25, 0.3) is 0 Å². The zero-order valence-electron chi connectivity index (χ0n) is 19.7. The minimum atomic E-state index is -3.82. The highest BCUT2D eigenvalue weighted by molar-refractivity contribution is 7.55. The Kier molecular flexibility index (Phi) is 8.05. The smallest absolute Gasteiger partial charge is 0.345 e. The molecule has 1 heterocycles. The van der Waals surface area contributed by atoms with Gasteiger partial charge in [0.1, 0.15) is 5.60 Å². The second-order valence-corrected chi connectivity index (χ2v) is 10.8. The summed E-state index contributed by atoms with van der Waals surface area (Å²) in [5, 5.41) is 6.32. The number of carbonyl (C=O) groups excluding carboxylic acids is 1. The van der Waals surface area contributed by atoms with Crippen molar-refractivity contribution in [2.45, 2.75) is 58.7 Å². The Morgan fingerprint density at radius 2 is 1.73 bits per heavy atom. The molecule has 0 amide bonds. The van der Waals surface area contributed by atoms with Gasteiger partial charge >= 0.3 is 13.6 Å². The molecular formula is C24H31N2O6P. The first-order valence-corrected chi connectivity index (χ1v) is 12.7. The maximum atomic E-state index is 13.4. The molecule has 0 saturated heterocycles. The molecule has 3 aromatic rings. The second-order valence-electron chi connectivity index (χ2n) is 8.59. The number of carbonyl (C=O) groups is 1. The molecule has 9 heteroatoms. The third-order valence-corrected chi connectivity index (χ3v) is 7.13. The molecule has 1 aromatic heterocycles. The number of fused-ring (bicyclic) bond motifs is 1. The molecule has 0 bridgehead atoms. The highest BCUT2D eigenvalue weighted by Crippen LogP contribution is 2.54. The van der Waals surface area contributed by atoms with Gasteiger partial charge in [0, 0.05) is 6.42 Å². The van der Waals surface area contributed by atoms with Crippen molar-refractivity contribution in [2.75, 3.05) is 13.2 Å². The zero-order chi connectivity index (χ0) is 24.1. The van der Waals surface area contributed by atoms with E-state index in [1.54, 1.807) is 34.6 Å². The summed E-state index contributed by atoms with van der Waals surface area (Å²) in [6.07, 6.45) is 0.344. The first-order valence-electron chi connectivity index (χ1n) is 11.0. The van der Waals surface area contributed by atoms with Crippen LogP contribution in [0.2, 0.25) is 0 Å². The average Bonchev–Trinajstić information content (AvgIpc) is 3.18. The van der Waals surface area contributed by atoms with E-state index in [1.165, 1.54) is 0 Å². The van der Waals surface area contributed by atoms with Crippen molar-refractivity contribution in [3.63, 3.8) is 0 Å². The SMILES string of the molecule is CCOP(=O)(OCC)C(Cc1nc(Cc2ccc3ccccc3c2)no1)C(=O)OC(C)(C)C. The Bertz CT molecular complexity index is 1130. The highest BCUT2D eigenvalue weighted by Gasteiger charge is 2.44. The zero-order valence-corrected chi connectivity index (χ0v) is 20.6. The van der Waals surface area contributed by atoms with E-state index in [9.17, 15) is 9.36 Å². The molecule has 0 radical (unpaired) electrons. The average molecular weight is 474 g/mol. The largest absolute Gasteiger partial charge is 0.459 e. The van der Waals surface area contributed by atoms with E-state index >= 15 is 0 Å². The maximum absolute atomic E-state index is 13.4. The molecule has 0 N–H and O–H groups in total. The van der Waals surface area contributed by atoms with Gasteiger partial charge in [-0.05, 0) is 51.0 Å². The van der Waals surface area contributed by atoms with Crippen molar-refractivity contribution in [3.8, 4) is 0 Å². The number of aromatic nitrogens is 2. The molecular weight excluding hydrogens is 443 g/mol. The Hall–Kier alpha value is -2.54. The maximum Gasteiger partial charge on any atom is 0.345 e. The first-order chi connectivity index (χ1) is 15.6. The monoisotopic (exact) mass is 474 g/mol. The third kappa shape index (κ3) is 6.73. The van der Waals surface area contributed by atoms with Crippen molar-refractivity contribution in [1.29, 1.82) is 0 Å². The fourth-order valence-electron chi connectivity index (χ4n) is 3.41. The molecule has 2 aromatic carbocycles. The quantitative estimate of drug-likeness (QED) is 0.287. The van der Waals surface area contributed by atoms with Crippen molar-refractivity contribution in [2.24, 2.45) is 0 Å². The van der Waals surface area contributed by atoms with E-state index in [1.807, 2.05) is 30.3 Å². The lowest BCUT2D eigenvalue weighted by atomic mass is 10.1. The predicted molar refractivity (Wildman–Crippen MR) is 125 cm³/mol. The molecule has 8 nitrogen and oxygen atoms in total. The van der Waals surface area contributed by atoms with Crippen LogP contribution in [0, 0.1) is 0 Å². The predicted octanol–water partition coefficient (Wildman–Crippen LogP) is 5.33. The van der Waals surface area contributed by atoms with Crippen LogP contribution in [0.1, 0.15) is 51.9 Å². The standard InChI is InChI=1S/C24H31N2O6P/c1-6-29-33(28,30-7-2)20(23(27)31-24(3,4)5)16-22-25-21(26-32-22)15-17-12-13-18-10-8-9-11-19(18)14-17/h8-14,20H,6-7,15-16H2,1-5H3. The van der Waals surface area contributed by atoms with Gasteiger partial charge in [-0.15, -0.1) is 0 Å². The van der Waals surface area contributed by atoms with E-state index < -0.39 is 24.8 Å². The molecule has 3 rings (SSSR count). The summed E-state index contributed by atoms with van der Waals surface area (Å²) in [5.74, 6) is -0.0610. The van der Waals surface area contributed by atoms with Crippen LogP contribution in [0.25, 0.3) is 10.8 Å². The number of hydrogen-bond donors (Lipinski definition) is 0. The fourth-order valence-corrected chi connectivity index (χ4v) is 5.26. The minimum absolute atomic E-state index is 0.114. The number of hydrogen-bond acceptors (Lipinski definition) is 8. The second kappa shape index (κ2) is 10.6. The number of esters is 1. The molecule has 0 saturated carbocycles. The summed E-state index contributed by atoms with van der Waals surface area (Å²) < 4.78 is 35.2. The summed E-state index contributed by atoms with van der Waals surface area (Å²) in [4.78, 5) is 17.4. The summed E-state index contributed by atoms with van der Waals surface area (Å²) in [6, 6.07) is 14.2. The number of benzene rings is 2. The van der Waals surface area contributed by atoms with Crippen LogP contribution in [0.15, 0.2) is 47.0 Å². The molecule has 178 valence electrons. The van der Waals surface area contributed by atoms with Crippen LogP contribution in [0.3, 0.4) is 0 Å². The van der Waals surface area contributed by atoms with Crippen LogP contribution < -0.4 is 0 Å². The summed E-state index contributed by atoms with van der Waals surface area (Å²) in [5.41, 5.74) is -0.959. The molecule has 0 spiro atoms. The van der Waals surface area contributed by atoms with Gasteiger partial charge in [-0.2, -0.15) is 4.98 Å². The van der Waals surface area contributed by atoms with Gasteiger partial charge in [0.15, 0.2) is 11.5 Å². The summed E-state index contributed by atoms with van der Waals surface area (Å²) >= 11 is 0. The molecule has 0 aliphatic carbocycles. The van der Waals surface area contributed by atoms with E-state index in [2.05, 4.69) is 22.3 Å². The number of ether oxygens (including phenoxy) is 1. The Balaban J connectivity index is 1.82. The molecule has 0 fully saturated rings. The van der Waals surface area contributed by atoms with E-state index in [4.69, 9.17) is 18.3 Å². The lowest BCUT2D eigenvalue weighted by molar-refractivity contribution is -0.154. The van der Waals surface area contributed by atoms with Crippen LogP contribution in [0.5, 0.6) is 0 Å². The fraction of sp³-hybridized carbons (Fsp3) is 0.458. The van der Waals surface area contributed by atoms with Crippen molar-refractivity contribution < 1.29 is 27.7 Å². The van der Waals surface area contributed by atoms with Gasteiger partial charge in [0.2, 0.25) is 5.89 Å². The third-order valence-electron chi connectivity index (χ3n) is 4.73. The molecule has 0 aliphatic heterocycles. The van der Waals surface area contributed by atoms with Gasteiger partial charge in [-0.1, -0.05) is 47.6 Å². The van der Waals surface area contributed by atoms with Gasteiger partial charge in [-0.25, -0.2) is 0 Å². The normalized spacial score (nSPS) is 13.2. The molecule has 0 aliphatic rings. The minimum Gasteiger partial charge on any atom is -0.459 e. The summed E-state index contributed by atoms with van der Waals surface area (Å²) in [6.45, 7) is 8.83. The lowest BCUT2D eigenvalue weighted by Crippen LogP contribution is -2.34. The van der Waals surface area contributed by atoms with Crippen molar-refractivity contribution in [1.82, 2.24) is 10.1 Å². The molecule has 1 unspecified atom stereocenters. The van der Waals surface area contributed by atoms with E-state index in [0.29, 0.717) is 12.2 Å². The Morgan fingerprint density at radius 3 is 2.36 bits per heavy atom. The lowest BCUT2D eigenvalue weighted by Gasteiger charge is -2.27. The topological polar surface area (TPSA) is 101 Å². The molecule has 1 atom stereocenters. The highest BCUT2D eigenvalue weighted by atomic mass is 31.2. The Morgan fingerprint density at radius 1 is 1.06 bits per heavy atom. The summed E-state index contributed by atoms with van der Waals surface area (Å²) in [7, 11) is -3.82. The van der Waals surface area contributed by atoms with Crippen LogP contribution in [0.4, 0.5) is 0 Å². The van der Waals surface area contributed by atoms with E-state index in [0.717, 1.165) is 16.3 Å². The van der Waals surface area contributed by atoms with Gasteiger partial charge < -0.3 is 18.3 Å². The van der Waals surface area contributed by atoms with Crippen LogP contribution >= 0.6 is 7.60 Å². The number of nitrogens with zero attached hydrogens (tertiary/aromatic N) is 2. The first kappa shape index (κ1) is 25.1. The molecule has 33 heavy (non-hydrogen) atoms. The van der Waals surface area contributed by atoms with E-state index in [-0.39, 0.29) is 25.5 Å². The van der Waals surface area contributed by atoms with Crippen LogP contribution in [-0.2, 0) is 36.0 Å². The van der Waals surface area contributed by atoms with Gasteiger partial charge in [0.05, 0.1) is 19.6 Å². The van der Waals surface area contributed by atoms with Crippen molar-refractivity contribution >= 4 is 24.3 Å². The van der Waals surface area contributed by atoms with Crippen LogP contribution in [-0.4, -0.2) is 40.6 Å². The van der Waals surface area contributed by atoms with Crippen molar-refractivity contribution in [3.05, 3.63) is 59.7 Å².